The number of anilines is 2. The maximum atomic E-state index is 12.7. The van der Waals surface area contributed by atoms with Gasteiger partial charge in [0.15, 0.2) is 5.65 Å². The number of pyridine rings is 1. The van der Waals surface area contributed by atoms with Crippen LogP contribution in [0.1, 0.15) is 19.0 Å². The molecule has 1 saturated heterocycles. The van der Waals surface area contributed by atoms with Crippen LogP contribution in [-0.2, 0) is 11.3 Å². The Morgan fingerprint density at radius 2 is 2.06 bits per heavy atom. The minimum atomic E-state index is -2.69. The lowest BCUT2D eigenvalue weighted by molar-refractivity contribution is -0.00436. The number of halogens is 2. The van der Waals surface area contributed by atoms with Gasteiger partial charge in [0.25, 0.3) is 0 Å². The molecule has 1 atom stereocenters. The molecule has 0 bridgehead atoms. The number of rotatable bonds is 6. The summed E-state index contributed by atoms with van der Waals surface area (Å²) in [6, 6.07) is 12.7. The molecule has 4 aromatic rings. The fourth-order valence-electron chi connectivity index (χ4n) is 3.84. The molecule has 3 aromatic heterocycles. The molecule has 166 valence electrons. The van der Waals surface area contributed by atoms with E-state index in [2.05, 4.69) is 56.6 Å². The zero-order valence-corrected chi connectivity index (χ0v) is 17.5. The van der Waals surface area contributed by atoms with Crippen LogP contribution in [0.15, 0.2) is 55.0 Å². The number of nitrogens with one attached hydrogen (secondary N) is 1. The second-order valence-corrected chi connectivity index (χ2v) is 7.83. The first-order chi connectivity index (χ1) is 15.6. The van der Waals surface area contributed by atoms with Gasteiger partial charge in [-0.2, -0.15) is 18.9 Å². The fourth-order valence-corrected chi connectivity index (χ4v) is 3.84. The SMILES string of the molecule is CC1COCCN1Cc1ccc(-c2cccn3nc(Nc4cnn(C(F)F)c4)nc23)cc1. The second-order valence-electron chi connectivity index (χ2n) is 7.83. The van der Waals surface area contributed by atoms with Gasteiger partial charge in [0.1, 0.15) is 0 Å². The molecule has 0 radical (unpaired) electrons. The number of ether oxygens (including phenoxy) is 1. The Balaban J connectivity index is 1.36. The van der Waals surface area contributed by atoms with Crippen LogP contribution in [0, 0.1) is 0 Å². The summed E-state index contributed by atoms with van der Waals surface area (Å²) in [4.78, 5) is 6.98. The molecule has 5 rings (SSSR count). The highest BCUT2D eigenvalue weighted by molar-refractivity contribution is 5.78. The summed E-state index contributed by atoms with van der Waals surface area (Å²) in [6.07, 6.45) is 4.33. The maximum Gasteiger partial charge on any atom is 0.333 e. The average Bonchev–Trinajstić information content (AvgIpc) is 3.43. The monoisotopic (exact) mass is 439 g/mol. The molecule has 4 heterocycles. The van der Waals surface area contributed by atoms with E-state index < -0.39 is 6.55 Å². The van der Waals surface area contributed by atoms with Gasteiger partial charge < -0.3 is 10.1 Å². The van der Waals surface area contributed by atoms with Crippen LogP contribution in [-0.4, -0.2) is 55.1 Å². The van der Waals surface area contributed by atoms with Crippen molar-refractivity contribution in [3.63, 3.8) is 0 Å². The Morgan fingerprint density at radius 1 is 1.22 bits per heavy atom. The standard InChI is InChI=1S/C22H23F2N7O/c1-15-14-32-10-9-29(15)12-16-4-6-17(7-5-16)19-3-2-8-30-20(19)27-22(28-30)26-18-11-25-31(13-18)21(23)24/h2-8,11,13,15,21H,9-10,12,14H2,1H3,(H,26,28). The number of hydrogen-bond donors (Lipinski definition) is 1. The number of morpholine rings is 1. The van der Waals surface area contributed by atoms with Crippen molar-refractivity contribution in [1.82, 2.24) is 29.3 Å². The van der Waals surface area contributed by atoms with E-state index in [0.717, 1.165) is 37.4 Å². The zero-order chi connectivity index (χ0) is 22.1. The van der Waals surface area contributed by atoms with Crippen LogP contribution in [0.5, 0.6) is 0 Å². The molecule has 0 spiro atoms. The number of benzene rings is 1. The van der Waals surface area contributed by atoms with Gasteiger partial charge in [-0.3, -0.25) is 4.90 Å². The minimum Gasteiger partial charge on any atom is -0.379 e. The third kappa shape index (κ3) is 4.19. The Morgan fingerprint density at radius 3 is 2.81 bits per heavy atom. The maximum absolute atomic E-state index is 12.7. The predicted molar refractivity (Wildman–Crippen MR) is 116 cm³/mol. The molecule has 0 saturated carbocycles. The van der Waals surface area contributed by atoms with Crippen molar-refractivity contribution in [3.8, 4) is 11.1 Å². The fraction of sp³-hybridized carbons (Fsp3) is 0.318. The van der Waals surface area contributed by atoms with Crippen LogP contribution in [0.2, 0.25) is 0 Å². The molecule has 32 heavy (non-hydrogen) atoms. The van der Waals surface area contributed by atoms with Crippen molar-refractivity contribution >= 4 is 17.3 Å². The van der Waals surface area contributed by atoms with Crippen molar-refractivity contribution in [1.29, 1.82) is 0 Å². The second kappa shape index (κ2) is 8.64. The summed E-state index contributed by atoms with van der Waals surface area (Å²) in [5.41, 5.74) is 4.27. The van der Waals surface area contributed by atoms with Crippen LogP contribution in [0.25, 0.3) is 16.8 Å². The molecule has 0 amide bonds. The van der Waals surface area contributed by atoms with E-state index >= 15 is 0 Å². The van der Waals surface area contributed by atoms with Gasteiger partial charge in [-0.1, -0.05) is 24.3 Å². The lowest BCUT2D eigenvalue weighted by atomic mass is 10.0. The van der Waals surface area contributed by atoms with Gasteiger partial charge in [-0.05, 0) is 30.2 Å². The minimum absolute atomic E-state index is 0.309. The largest absolute Gasteiger partial charge is 0.379 e. The van der Waals surface area contributed by atoms with Crippen molar-refractivity contribution in [3.05, 3.63) is 60.6 Å². The zero-order valence-electron chi connectivity index (χ0n) is 17.5. The topological polar surface area (TPSA) is 72.5 Å². The van der Waals surface area contributed by atoms with Crippen LogP contribution in [0.4, 0.5) is 20.4 Å². The molecule has 1 aliphatic heterocycles. The number of hydrogen-bond acceptors (Lipinski definition) is 6. The van der Waals surface area contributed by atoms with Crippen molar-refractivity contribution in [2.75, 3.05) is 25.1 Å². The molecule has 0 aliphatic carbocycles. The third-order valence-electron chi connectivity index (χ3n) is 5.58. The van der Waals surface area contributed by atoms with E-state index in [1.165, 1.54) is 18.0 Å². The lowest BCUT2D eigenvalue weighted by Gasteiger charge is -2.33. The first-order valence-corrected chi connectivity index (χ1v) is 10.4. The van der Waals surface area contributed by atoms with Crippen molar-refractivity contribution in [2.45, 2.75) is 26.1 Å². The predicted octanol–water partition coefficient (Wildman–Crippen LogP) is 3.95. The van der Waals surface area contributed by atoms with Gasteiger partial charge in [0.2, 0.25) is 5.95 Å². The van der Waals surface area contributed by atoms with E-state index in [1.807, 2.05) is 12.1 Å². The van der Waals surface area contributed by atoms with Gasteiger partial charge in [0, 0.05) is 30.9 Å². The first-order valence-electron chi connectivity index (χ1n) is 10.4. The van der Waals surface area contributed by atoms with Crippen LogP contribution >= 0.6 is 0 Å². The highest BCUT2D eigenvalue weighted by atomic mass is 19.3. The highest BCUT2D eigenvalue weighted by Gasteiger charge is 2.19. The van der Waals surface area contributed by atoms with E-state index in [4.69, 9.17) is 4.74 Å². The van der Waals surface area contributed by atoms with Crippen molar-refractivity contribution in [2.24, 2.45) is 0 Å². The molecule has 1 aromatic carbocycles. The average molecular weight is 439 g/mol. The first kappa shape index (κ1) is 20.5. The van der Waals surface area contributed by atoms with Crippen molar-refractivity contribution < 1.29 is 13.5 Å². The van der Waals surface area contributed by atoms with Gasteiger partial charge >= 0.3 is 6.55 Å². The van der Waals surface area contributed by atoms with Gasteiger partial charge in [-0.15, -0.1) is 5.10 Å². The quantitative estimate of drug-likeness (QED) is 0.491. The summed E-state index contributed by atoms with van der Waals surface area (Å²) in [7, 11) is 0. The van der Waals surface area contributed by atoms with E-state index in [-0.39, 0.29) is 0 Å². The normalized spacial score (nSPS) is 17.3. The highest BCUT2D eigenvalue weighted by Crippen LogP contribution is 2.26. The molecule has 8 nitrogen and oxygen atoms in total. The van der Waals surface area contributed by atoms with Gasteiger partial charge in [-0.25, -0.2) is 9.20 Å². The molecule has 10 heteroatoms. The summed E-state index contributed by atoms with van der Waals surface area (Å²) in [6.45, 7) is 2.86. The molecule has 1 aliphatic rings. The molecule has 1 unspecified atom stereocenters. The number of nitrogens with zero attached hydrogens (tertiary/aromatic N) is 6. The van der Waals surface area contributed by atoms with Crippen LogP contribution in [0.3, 0.4) is 0 Å². The summed E-state index contributed by atoms with van der Waals surface area (Å²) < 4.78 is 33.2. The van der Waals surface area contributed by atoms with E-state index in [1.54, 1.807) is 10.7 Å². The molecular formula is C22H23F2N7O. The Kier molecular flexibility index (Phi) is 5.54. The van der Waals surface area contributed by atoms with Crippen LogP contribution < -0.4 is 5.32 Å². The molecule has 1 fully saturated rings. The number of aromatic nitrogens is 5. The molecule has 1 N–H and O–H groups in total. The Labute approximate surface area is 183 Å². The Bertz CT molecular complexity index is 1200. The van der Waals surface area contributed by atoms with Gasteiger partial charge in [0.05, 0.1) is 31.3 Å². The third-order valence-corrected chi connectivity index (χ3v) is 5.58. The number of fused-ring (bicyclic) bond motifs is 1. The number of alkyl halides is 2. The summed E-state index contributed by atoms with van der Waals surface area (Å²) in [5.74, 6) is 0.309. The summed E-state index contributed by atoms with van der Waals surface area (Å²) >= 11 is 0. The molecular weight excluding hydrogens is 416 g/mol. The Hall–Kier alpha value is -3.37. The summed E-state index contributed by atoms with van der Waals surface area (Å²) in [5, 5.41) is 11.0. The smallest absolute Gasteiger partial charge is 0.333 e. The van der Waals surface area contributed by atoms with E-state index in [9.17, 15) is 8.78 Å². The van der Waals surface area contributed by atoms with E-state index in [0.29, 0.717) is 28.0 Å². The lowest BCUT2D eigenvalue weighted by Crippen LogP contribution is -2.42.